The molecule has 6 heteroatoms. The molecule has 1 unspecified atom stereocenters. The molecule has 1 atom stereocenters. The van der Waals surface area contributed by atoms with Crippen LogP contribution in [0.2, 0.25) is 0 Å². The average molecular weight is 303 g/mol. The molecule has 0 amide bonds. The fourth-order valence-corrected chi connectivity index (χ4v) is 1.94. The van der Waals surface area contributed by atoms with Crippen LogP contribution >= 0.6 is 0 Å². The Bertz CT molecular complexity index is 416. The second-order valence-corrected chi connectivity index (χ2v) is 4.67. The molecule has 21 heavy (non-hydrogen) atoms. The SMILES string of the molecule is CCCC(O)CNCc1ccc(OC(F)F)c(OCC)c1. The molecule has 0 aliphatic rings. The molecule has 2 N–H and O–H groups in total. The van der Waals surface area contributed by atoms with Crippen molar-refractivity contribution in [3.05, 3.63) is 23.8 Å². The second kappa shape index (κ2) is 9.52. The third kappa shape index (κ3) is 6.73. The number of ether oxygens (including phenoxy) is 2. The van der Waals surface area contributed by atoms with Gasteiger partial charge in [-0.1, -0.05) is 19.4 Å². The summed E-state index contributed by atoms with van der Waals surface area (Å²) in [5, 5.41) is 12.7. The summed E-state index contributed by atoms with van der Waals surface area (Å²) < 4.78 is 34.3. The fourth-order valence-electron chi connectivity index (χ4n) is 1.94. The Hall–Kier alpha value is -1.40. The maximum atomic E-state index is 12.3. The van der Waals surface area contributed by atoms with E-state index in [0.29, 0.717) is 25.4 Å². The van der Waals surface area contributed by atoms with Crippen molar-refractivity contribution in [1.29, 1.82) is 0 Å². The third-order valence-corrected chi connectivity index (χ3v) is 2.86. The van der Waals surface area contributed by atoms with Gasteiger partial charge in [0.1, 0.15) is 0 Å². The van der Waals surface area contributed by atoms with Gasteiger partial charge in [0.25, 0.3) is 0 Å². The van der Waals surface area contributed by atoms with E-state index in [1.54, 1.807) is 19.1 Å². The monoisotopic (exact) mass is 303 g/mol. The first-order valence-corrected chi connectivity index (χ1v) is 7.16. The first kappa shape index (κ1) is 17.7. The van der Waals surface area contributed by atoms with Gasteiger partial charge in [-0.2, -0.15) is 8.78 Å². The van der Waals surface area contributed by atoms with Crippen LogP contribution in [0.15, 0.2) is 18.2 Å². The van der Waals surface area contributed by atoms with Crippen LogP contribution in [-0.4, -0.2) is 31.0 Å². The van der Waals surface area contributed by atoms with Crippen LogP contribution in [0.5, 0.6) is 11.5 Å². The molecule has 0 heterocycles. The Morgan fingerprint density at radius 3 is 2.62 bits per heavy atom. The molecular weight excluding hydrogens is 280 g/mol. The predicted molar refractivity (Wildman–Crippen MR) is 76.9 cm³/mol. The number of hydrogen-bond donors (Lipinski definition) is 2. The summed E-state index contributed by atoms with van der Waals surface area (Å²) in [5.74, 6) is 0.327. The molecule has 0 aromatic heterocycles. The molecule has 1 aromatic carbocycles. The van der Waals surface area contributed by atoms with Crippen LogP contribution in [0.4, 0.5) is 8.78 Å². The van der Waals surface area contributed by atoms with Crippen molar-refractivity contribution in [2.75, 3.05) is 13.2 Å². The lowest BCUT2D eigenvalue weighted by molar-refractivity contribution is -0.0514. The van der Waals surface area contributed by atoms with Crippen molar-refractivity contribution in [2.45, 2.75) is 45.9 Å². The quantitative estimate of drug-likeness (QED) is 0.698. The molecule has 0 saturated carbocycles. The van der Waals surface area contributed by atoms with E-state index in [-0.39, 0.29) is 11.9 Å². The Balaban J connectivity index is 2.60. The highest BCUT2D eigenvalue weighted by molar-refractivity contribution is 5.43. The molecule has 0 aliphatic carbocycles. The van der Waals surface area contributed by atoms with Gasteiger partial charge in [-0.05, 0) is 31.0 Å². The minimum atomic E-state index is -2.88. The van der Waals surface area contributed by atoms with Crippen molar-refractivity contribution in [1.82, 2.24) is 5.32 Å². The Morgan fingerprint density at radius 2 is 2.00 bits per heavy atom. The number of benzene rings is 1. The number of hydrogen-bond acceptors (Lipinski definition) is 4. The third-order valence-electron chi connectivity index (χ3n) is 2.86. The number of aliphatic hydroxyl groups is 1. The van der Waals surface area contributed by atoms with Crippen molar-refractivity contribution >= 4 is 0 Å². The Labute approximate surface area is 124 Å². The lowest BCUT2D eigenvalue weighted by Crippen LogP contribution is -2.26. The van der Waals surface area contributed by atoms with Crippen LogP contribution in [-0.2, 0) is 6.54 Å². The van der Waals surface area contributed by atoms with Crippen molar-refractivity contribution < 1.29 is 23.4 Å². The molecule has 120 valence electrons. The van der Waals surface area contributed by atoms with Gasteiger partial charge in [0, 0.05) is 13.1 Å². The number of nitrogens with one attached hydrogen (secondary N) is 1. The van der Waals surface area contributed by atoms with Crippen molar-refractivity contribution in [2.24, 2.45) is 0 Å². The van der Waals surface area contributed by atoms with E-state index in [1.165, 1.54) is 6.07 Å². The van der Waals surface area contributed by atoms with Crippen LogP contribution < -0.4 is 14.8 Å². The number of alkyl halides is 2. The highest BCUT2D eigenvalue weighted by Crippen LogP contribution is 2.29. The standard InChI is InChI=1S/C15H23F2NO3/c1-3-5-12(19)10-18-9-11-6-7-13(21-15(16)17)14(8-11)20-4-2/h6-8,12,15,18-19H,3-5,9-10H2,1-2H3. The van der Waals surface area contributed by atoms with E-state index in [1.807, 2.05) is 6.92 Å². The van der Waals surface area contributed by atoms with Crippen LogP contribution in [0.25, 0.3) is 0 Å². The lowest BCUT2D eigenvalue weighted by atomic mass is 10.2. The Kier molecular flexibility index (Phi) is 8.00. The summed E-state index contributed by atoms with van der Waals surface area (Å²) in [6, 6.07) is 4.83. The van der Waals surface area contributed by atoms with Gasteiger partial charge < -0.3 is 19.9 Å². The topological polar surface area (TPSA) is 50.7 Å². The van der Waals surface area contributed by atoms with Gasteiger partial charge in [0.15, 0.2) is 11.5 Å². The zero-order valence-corrected chi connectivity index (χ0v) is 12.4. The molecular formula is C15H23F2NO3. The predicted octanol–water partition coefficient (Wildman–Crippen LogP) is 2.94. The van der Waals surface area contributed by atoms with E-state index in [4.69, 9.17) is 4.74 Å². The molecule has 0 radical (unpaired) electrons. The zero-order chi connectivity index (χ0) is 15.7. The van der Waals surface area contributed by atoms with E-state index >= 15 is 0 Å². The molecule has 0 fully saturated rings. The molecule has 1 rings (SSSR count). The lowest BCUT2D eigenvalue weighted by Gasteiger charge is -2.14. The highest BCUT2D eigenvalue weighted by atomic mass is 19.3. The maximum absolute atomic E-state index is 12.3. The minimum Gasteiger partial charge on any atom is -0.490 e. The maximum Gasteiger partial charge on any atom is 0.387 e. The van der Waals surface area contributed by atoms with E-state index in [0.717, 1.165) is 18.4 Å². The second-order valence-electron chi connectivity index (χ2n) is 4.67. The summed E-state index contributed by atoms with van der Waals surface area (Å²) in [4.78, 5) is 0. The largest absolute Gasteiger partial charge is 0.490 e. The Morgan fingerprint density at radius 1 is 1.24 bits per heavy atom. The smallest absolute Gasteiger partial charge is 0.387 e. The summed E-state index contributed by atoms with van der Waals surface area (Å²) in [6.45, 7) is 2.30. The fraction of sp³-hybridized carbons (Fsp3) is 0.600. The molecule has 0 spiro atoms. The van der Waals surface area contributed by atoms with Crippen molar-refractivity contribution in [3.8, 4) is 11.5 Å². The normalized spacial score (nSPS) is 12.5. The van der Waals surface area contributed by atoms with Gasteiger partial charge >= 0.3 is 6.61 Å². The first-order valence-electron chi connectivity index (χ1n) is 7.16. The van der Waals surface area contributed by atoms with Crippen LogP contribution in [0, 0.1) is 0 Å². The van der Waals surface area contributed by atoms with Gasteiger partial charge in [0.05, 0.1) is 12.7 Å². The van der Waals surface area contributed by atoms with Gasteiger partial charge in [-0.25, -0.2) is 0 Å². The highest BCUT2D eigenvalue weighted by Gasteiger charge is 2.11. The van der Waals surface area contributed by atoms with Crippen molar-refractivity contribution in [3.63, 3.8) is 0 Å². The first-order chi connectivity index (χ1) is 10.1. The van der Waals surface area contributed by atoms with Gasteiger partial charge in [-0.15, -0.1) is 0 Å². The van der Waals surface area contributed by atoms with Crippen LogP contribution in [0.3, 0.4) is 0 Å². The van der Waals surface area contributed by atoms with E-state index in [9.17, 15) is 13.9 Å². The molecule has 1 aromatic rings. The number of halogens is 2. The summed E-state index contributed by atoms with van der Waals surface area (Å²) in [7, 11) is 0. The van der Waals surface area contributed by atoms with E-state index < -0.39 is 6.61 Å². The minimum absolute atomic E-state index is 0.0293. The van der Waals surface area contributed by atoms with Crippen LogP contribution in [0.1, 0.15) is 32.3 Å². The zero-order valence-electron chi connectivity index (χ0n) is 12.4. The van der Waals surface area contributed by atoms with E-state index in [2.05, 4.69) is 10.1 Å². The molecule has 0 saturated heterocycles. The summed E-state index contributed by atoms with van der Waals surface area (Å²) in [6.07, 6.45) is 1.30. The number of rotatable bonds is 10. The summed E-state index contributed by atoms with van der Waals surface area (Å²) >= 11 is 0. The van der Waals surface area contributed by atoms with Gasteiger partial charge in [0.2, 0.25) is 0 Å². The van der Waals surface area contributed by atoms with Gasteiger partial charge in [-0.3, -0.25) is 0 Å². The molecule has 0 bridgehead atoms. The molecule has 4 nitrogen and oxygen atoms in total. The number of aliphatic hydroxyl groups excluding tert-OH is 1. The molecule has 0 aliphatic heterocycles. The summed E-state index contributed by atoms with van der Waals surface area (Å²) in [5.41, 5.74) is 0.878. The average Bonchev–Trinajstić information content (AvgIpc) is 2.41.